The number of nitrogens with zero attached hydrogens (tertiary/aromatic N) is 1. The molecule has 0 bridgehead atoms. The highest BCUT2D eigenvalue weighted by molar-refractivity contribution is 7.27. The van der Waals surface area contributed by atoms with E-state index in [0.29, 0.717) is 6.04 Å². The van der Waals surface area contributed by atoms with Crippen LogP contribution >= 0.6 is 22.7 Å². The van der Waals surface area contributed by atoms with E-state index in [0.717, 1.165) is 30.8 Å². The summed E-state index contributed by atoms with van der Waals surface area (Å²) in [6.45, 7) is 1.79. The zero-order chi connectivity index (χ0) is 13.2. The molecule has 2 aromatic heterocycles. The van der Waals surface area contributed by atoms with Gasteiger partial charge in [-0.05, 0) is 43.8 Å². The van der Waals surface area contributed by atoms with Gasteiger partial charge in [0, 0.05) is 28.5 Å². The van der Waals surface area contributed by atoms with Gasteiger partial charge in [-0.15, -0.1) is 22.7 Å². The number of nitrogens with one attached hydrogen (secondary N) is 1. The minimum Gasteiger partial charge on any atom is -0.334 e. The van der Waals surface area contributed by atoms with E-state index in [2.05, 4.69) is 27.7 Å². The van der Waals surface area contributed by atoms with E-state index in [1.54, 1.807) is 22.7 Å². The van der Waals surface area contributed by atoms with Crippen LogP contribution in [-0.2, 0) is 0 Å². The van der Waals surface area contributed by atoms with Gasteiger partial charge in [-0.3, -0.25) is 4.79 Å². The van der Waals surface area contributed by atoms with Gasteiger partial charge in [0.25, 0.3) is 5.91 Å². The Labute approximate surface area is 121 Å². The summed E-state index contributed by atoms with van der Waals surface area (Å²) in [6, 6.07) is 4.51. The van der Waals surface area contributed by atoms with Crippen LogP contribution in [0.2, 0.25) is 0 Å². The van der Waals surface area contributed by atoms with Crippen molar-refractivity contribution in [3.05, 3.63) is 22.4 Å². The topological polar surface area (TPSA) is 32.3 Å². The Balaban J connectivity index is 1.83. The Morgan fingerprint density at radius 1 is 1.47 bits per heavy atom. The van der Waals surface area contributed by atoms with Gasteiger partial charge in [0.15, 0.2) is 0 Å². The standard InChI is InChI=1S/C14H18N2OS2/c1-15-9-10-4-2-3-6-16(10)14(17)13-8-12-11(19-13)5-7-18-12/h5,7-8,10,15H,2-4,6,9H2,1H3. The molecule has 0 radical (unpaired) electrons. The number of carbonyl (C=O) groups is 1. The van der Waals surface area contributed by atoms with Crippen LogP contribution in [0.15, 0.2) is 17.5 Å². The zero-order valence-electron chi connectivity index (χ0n) is 11.0. The lowest BCUT2D eigenvalue weighted by Crippen LogP contribution is -2.47. The molecule has 2 aromatic rings. The monoisotopic (exact) mass is 294 g/mol. The fourth-order valence-electron chi connectivity index (χ4n) is 2.73. The second-order valence-electron chi connectivity index (χ2n) is 4.97. The van der Waals surface area contributed by atoms with Gasteiger partial charge in [0.2, 0.25) is 0 Å². The molecule has 102 valence electrons. The van der Waals surface area contributed by atoms with Crippen molar-refractivity contribution in [3.63, 3.8) is 0 Å². The Hall–Kier alpha value is -0.910. The molecular weight excluding hydrogens is 276 g/mol. The lowest BCUT2D eigenvalue weighted by molar-refractivity contribution is 0.0620. The average Bonchev–Trinajstić information content (AvgIpc) is 2.99. The molecule has 0 aliphatic carbocycles. The molecule has 0 aromatic carbocycles. The number of likely N-dealkylation sites (N-methyl/N-ethyl adjacent to an activating group) is 1. The van der Waals surface area contributed by atoms with E-state index < -0.39 is 0 Å². The SMILES string of the molecule is CNCC1CCCCN1C(=O)c1cc2sccc2s1. The molecule has 3 rings (SSSR count). The number of rotatable bonds is 3. The van der Waals surface area contributed by atoms with Gasteiger partial charge >= 0.3 is 0 Å². The number of hydrogen-bond donors (Lipinski definition) is 1. The lowest BCUT2D eigenvalue weighted by Gasteiger charge is -2.35. The summed E-state index contributed by atoms with van der Waals surface area (Å²) in [5.74, 6) is 0.216. The second kappa shape index (κ2) is 5.61. The number of thiophene rings is 2. The van der Waals surface area contributed by atoms with Crippen LogP contribution < -0.4 is 5.32 Å². The third-order valence-corrected chi connectivity index (χ3v) is 5.76. The summed E-state index contributed by atoms with van der Waals surface area (Å²) in [4.78, 5) is 15.6. The molecule has 1 aliphatic rings. The van der Waals surface area contributed by atoms with Crippen molar-refractivity contribution in [2.24, 2.45) is 0 Å². The van der Waals surface area contributed by atoms with Crippen molar-refractivity contribution in [1.29, 1.82) is 0 Å². The molecule has 1 saturated heterocycles. The van der Waals surface area contributed by atoms with Crippen molar-refractivity contribution >= 4 is 38.0 Å². The van der Waals surface area contributed by atoms with E-state index in [-0.39, 0.29) is 5.91 Å². The Morgan fingerprint density at radius 2 is 2.37 bits per heavy atom. The highest BCUT2D eigenvalue weighted by atomic mass is 32.1. The van der Waals surface area contributed by atoms with E-state index in [4.69, 9.17) is 0 Å². The maximum Gasteiger partial charge on any atom is 0.264 e. The predicted molar refractivity (Wildman–Crippen MR) is 82.3 cm³/mol. The molecule has 19 heavy (non-hydrogen) atoms. The van der Waals surface area contributed by atoms with Crippen LogP contribution in [0.25, 0.3) is 9.40 Å². The van der Waals surface area contributed by atoms with Gasteiger partial charge in [-0.25, -0.2) is 0 Å². The van der Waals surface area contributed by atoms with Crippen LogP contribution in [0, 0.1) is 0 Å². The smallest absolute Gasteiger partial charge is 0.264 e. The summed E-state index contributed by atoms with van der Waals surface area (Å²) in [6.07, 6.45) is 3.48. The molecule has 3 heterocycles. The number of fused-ring (bicyclic) bond motifs is 1. The molecule has 1 atom stereocenters. The minimum absolute atomic E-state index is 0.216. The maximum atomic E-state index is 12.7. The lowest BCUT2D eigenvalue weighted by atomic mass is 10.0. The molecule has 0 spiro atoms. The molecule has 1 fully saturated rings. The van der Waals surface area contributed by atoms with Gasteiger partial charge in [-0.2, -0.15) is 0 Å². The van der Waals surface area contributed by atoms with Gasteiger partial charge in [-0.1, -0.05) is 0 Å². The maximum absolute atomic E-state index is 12.7. The molecule has 1 amide bonds. The zero-order valence-corrected chi connectivity index (χ0v) is 12.6. The molecule has 3 nitrogen and oxygen atoms in total. The quantitative estimate of drug-likeness (QED) is 0.943. The Morgan fingerprint density at radius 3 is 3.16 bits per heavy atom. The number of piperidine rings is 1. The predicted octanol–water partition coefficient (Wildman–Crippen LogP) is 3.18. The van der Waals surface area contributed by atoms with Crippen molar-refractivity contribution < 1.29 is 4.79 Å². The Bertz CT molecular complexity index is 544. The first-order chi connectivity index (χ1) is 9.29. The van der Waals surface area contributed by atoms with E-state index in [1.165, 1.54) is 15.8 Å². The Kier molecular flexibility index (Phi) is 3.86. The van der Waals surface area contributed by atoms with Gasteiger partial charge in [0.05, 0.1) is 4.88 Å². The van der Waals surface area contributed by atoms with E-state index in [1.807, 2.05) is 7.05 Å². The van der Waals surface area contributed by atoms with Crippen molar-refractivity contribution in [2.75, 3.05) is 20.1 Å². The highest BCUT2D eigenvalue weighted by Gasteiger charge is 2.27. The first-order valence-electron chi connectivity index (χ1n) is 6.72. The largest absolute Gasteiger partial charge is 0.334 e. The number of hydrogen-bond acceptors (Lipinski definition) is 4. The van der Waals surface area contributed by atoms with Crippen molar-refractivity contribution in [2.45, 2.75) is 25.3 Å². The first kappa shape index (κ1) is 13.1. The fraction of sp³-hybridized carbons (Fsp3) is 0.500. The molecule has 0 saturated carbocycles. The fourth-order valence-corrected chi connectivity index (χ4v) is 4.79. The van der Waals surface area contributed by atoms with Crippen molar-refractivity contribution in [3.8, 4) is 0 Å². The van der Waals surface area contributed by atoms with Crippen molar-refractivity contribution in [1.82, 2.24) is 10.2 Å². The summed E-state index contributed by atoms with van der Waals surface area (Å²) in [7, 11) is 1.96. The average molecular weight is 294 g/mol. The minimum atomic E-state index is 0.216. The second-order valence-corrected chi connectivity index (χ2v) is 7.00. The number of carbonyl (C=O) groups excluding carboxylic acids is 1. The summed E-state index contributed by atoms with van der Waals surface area (Å²) in [5, 5.41) is 5.29. The molecule has 1 unspecified atom stereocenters. The van der Waals surface area contributed by atoms with E-state index >= 15 is 0 Å². The van der Waals surface area contributed by atoms with E-state index in [9.17, 15) is 4.79 Å². The first-order valence-corrected chi connectivity index (χ1v) is 8.42. The van der Waals surface area contributed by atoms with Crippen LogP contribution in [0.3, 0.4) is 0 Å². The molecule has 1 aliphatic heterocycles. The summed E-state index contributed by atoms with van der Waals surface area (Å²) >= 11 is 3.34. The normalized spacial score (nSPS) is 20.1. The van der Waals surface area contributed by atoms with Crippen LogP contribution in [-0.4, -0.2) is 37.0 Å². The number of likely N-dealkylation sites (tertiary alicyclic amines) is 1. The molecule has 5 heteroatoms. The highest BCUT2D eigenvalue weighted by Crippen LogP contribution is 2.31. The van der Waals surface area contributed by atoms with Gasteiger partial charge in [0.1, 0.15) is 0 Å². The summed E-state index contributed by atoms with van der Waals surface area (Å²) < 4.78 is 2.46. The third kappa shape index (κ3) is 2.55. The molecule has 1 N–H and O–H groups in total. The van der Waals surface area contributed by atoms with Gasteiger partial charge < -0.3 is 10.2 Å². The number of amides is 1. The molecular formula is C14H18N2OS2. The van der Waals surface area contributed by atoms with Crippen LogP contribution in [0.4, 0.5) is 0 Å². The van der Waals surface area contributed by atoms with Crippen LogP contribution in [0.1, 0.15) is 28.9 Å². The third-order valence-electron chi connectivity index (χ3n) is 3.68. The van der Waals surface area contributed by atoms with Crippen LogP contribution in [0.5, 0.6) is 0 Å². The summed E-state index contributed by atoms with van der Waals surface area (Å²) in [5.41, 5.74) is 0.